The Bertz CT molecular complexity index is 653. The van der Waals surface area contributed by atoms with Crippen molar-refractivity contribution in [1.82, 2.24) is 10.3 Å². The fourth-order valence-corrected chi connectivity index (χ4v) is 2.15. The number of hydrogen-bond acceptors (Lipinski definition) is 3. The molecule has 0 radical (unpaired) electrons. The van der Waals surface area contributed by atoms with E-state index in [1.807, 2.05) is 19.9 Å². The predicted molar refractivity (Wildman–Crippen MR) is 80.0 cm³/mol. The Morgan fingerprint density at radius 2 is 2.05 bits per heavy atom. The first-order chi connectivity index (χ1) is 10.1. The Balaban J connectivity index is 1.73. The number of pyridine rings is 1. The number of hydrogen-bond donors (Lipinski definition) is 1. The van der Waals surface area contributed by atoms with Crippen molar-refractivity contribution in [2.75, 3.05) is 0 Å². The maximum atomic E-state index is 13.7. The summed E-state index contributed by atoms with van der Waals surface area (Å²) in [5.74, 6) is 0.262. The molecule has 2 aromatic rings. The summed E-state index contributed by atoms with van der Waals surface area (Å²) in [7, 11) is 0. The van der Waals surface area contributed by atoms with Crippen LogP contribution in [0, 0.1) is 19.7 Å². The molecule has 0 spiro atoms. The molecule has 110 valence electrons. The van der Waals surface area contributed by atoms with E-state index >= 15 is 0 Å². The summed E-state index contributed by atoms with van der Waals surface area (Å²) in [5, 5.41) is 3.46. The molecule has 0 unspecified atom stereocenters. The molecular formula is C17H19FN2O. The summed E-state index contributed by atoms with van der Waals surface area (Å²) < 4.78 is 19.2. The second kappa shape index (κ2) is 5.82. The minimum absolute atomic E-state index is 0.214. The Morgan fingerprint density at radius 3 is 2.76 bits per heavy atom. The number of nitrogens with one attached hydrogen (secondary N) is 1. The quantitative estimate of drug-likeness (QED) is 0.905. The molecule has 1 saturated carbocycles. The van der Waals surface area contributed by atoms with Crippen molar-refractivity contribution in [2.45, 2.75) is 39.3 Å². The highest BCUT2D eigenvalue weighted by molar-refractivity contribution is 5.34. The fraction of sp³-hybridized carbons (Fsp3) is 0.353. The van der Waals surface area contributed by atoms with Gasteiger partial charge in [0.05, 0.1) is 0 Å². The predicted octanol–water partition coefficient (Wildman–Crippen LogP) is 3.88. The molecule has 1 N–H and O–H groups in total. The van der Waals surface area contributed by atoms with E-state index in [2.05, 4.69) is 10.3 Å². The van der Waals surface area contributed by atoms with Crippen LogP contribution in [0.15, 0.2) is 30.3 Å². The van der Waals surface area contributed by atoms with Gasteiger partial charge in [-0.05, 0) is 49.9 Å². The third-order valence-corrected chi connectivity index (χ3v) is 3.63. The van der Waals surface area contributed by atoms with E-state index in [0.29, 0.717) is 11.9 Å². The number of aromatic nitrogens is 1. The van der Waals surface area contributed by atoms with Gasteiger partial charge in [0, 0.05) is 24.3 Å². The van der Waals surface area contributed by atoms with E-state index in [1.165, 1.54) is 18.9 Å². The number of ether oxygens (including phenoxy) is 1. The van der Waals surface area contributed by atoms with E-state index in [4.69, 9.17) is 4.74 Å². The van der Waals surface area contributed by atoms with Crippen molar-refractivity contribution in [3.05, 3.63) is 53.0 Å². The smallest absolute Gasteiger partial charge is 0.219 e. The normalized spacial score (nSPS) is 14.2. The summed E-state index contributed by atoms with van der Waals surface area (Å²) in [6, 6.07) is 9.24. The van der Waals surface area contributed by atoms with Crippen LogP contribution in [-0.2, 0) is 6.54 Å². The van der Waals surface area contributed by atoms with Crippen molar-refractivity contribution in [1.29, 1.82) is 0 Å². The highest BCUT2D eigenvalue weighted by Crippen LogP contribution is 2.25. The van der Waals surface area contributed by atoms with E-state index < -0.39 is 0 Å². The van der Waals surface area contributed by atoms with E-state index in [1.54, 1.807) is 18.2 Å². The van der Waals surface area contributed by atoms with Gasteiger partial charge in [0.25, 0.3) is 0 Å². The summed E-state index contributed by atoms with van der Waals surface area (Å²) in [5.41, 5.74) is 3.01. The summed E-state index contributed by atoms with van der Waals surface area (Å²) in [4.78, 5) is 4.41. The fourth-order valence-electron chi connectivity index (χ4n) is 2.15. The van der Waals surface area contributed by atoms with Crippen molar-refractivity contribution in [3.63, 3.8) is 0 Å². The molecule has 1 fully saturated rings. The maximum absolute atomic E-state index is 13.7. The monoisotopic (exact) mass is 286 g/mol. The first kappa shape index (κ1) is 14.0. The molecule has 21 heavy (non-hydrogen) atoms. The lowest BCUT2D eigenvalue weighted by atomic mass is 10.2. The highest BCUT2D eigenvalue weighted by atomic mass is 19.1. The van der Waals surface area contributed by atoms with Gasteiger partial charge in [-0.15, -0.1) is 0 Å². The molecule has 1 aromatic heterocycles. The maximum Gasteiger partial charge on any atom is 0.219 e. The standard InChI is InChI=1S/C17H19FN2O/c1-11-3-7-15(18)16(9-11)21-17-8-4-13(12(2)20-17)10-19-14-5-6-14/h3-4,7-9,14,19H,5-6,10H2,1-2H3. The molecule has 0 amide bonds. The molecule has 1 aromatic carbocycles. The molecule has 0 atom stereocenters. The van der Waals surface area contributed by atoms with Crippen molar-refractivity contribution in [2.24, 2.45) is 0 Å². The van der Waals surface area contributed by atoms with Crippen LogP contribution in [-0.4, -0.2) is 11.0 Å². The molecule has 1 aliphatic rings. The zero-order valence-electron chi connectivity index (χ0n) is 12.3. The van der Waals surface area contributed by atoms with Crippen molar-refractivity contribution < 1.29 is 9.13 Å². The van der Waals surface area contributed by atoms with Gasteiger partial charge in [-0.2, -0.15) is 0 Å². The van der Waals surface area contributed by atoms with Gasteiger partial charge in [0.15, 0.2) is 11.6 Å². The van der Waals surface area contributed by atoms with Crippen LogP contribution in [0.3, 0.4) is 0 Å². The SMILES string of the molecule is Cc1ccc(F)c(Oc2ccc(CNC3CC3)c(C)n2)c1. The third-order valence-electron chi connectivity index (χ3n) is 3.63. The van der Waals surface area contributed by atoms with Crippen LogP contribution in [0.5, 0.6) is 11.6 Å². The van der Waals surface area contributed by atoms with Gasteiger partial charge in [0.1, 0.15) is 0 Å². The average Bonchev–Trinajstić information content (AvgIpc) is 3.26. The van der Waals surface area contributed by atoms with E-state index in [0.717, 1.165) is 23.4 Å². The second-order valence-electron chi connectivity index (χ2n) is 5.59. The van der Waals surface area contributed by atoms with Gasteiger partial charge < -0.3 is 10.1 Å². The lowest BCUT2D eigenvalue weighted by Crippen LogP contribution is -2.16. The number of halogens is 1. The minimum Gasteiger partial charge on any atom is -0.436 e. The Morgan fingerprint density at radius 1 is 1.24 bits per heavy atom. The van der Waals surface area contributed by atoms with Crippen molar-refractivity contribution in [3.8, 4) is 11.6 Å². The van der Waals surface area contributed by atoms with Gasteiger partial charge >= 0.3 is 0 Å². The lowest BCUT2D eigenvalue weighted by Gasteiger charge is -2.10. The molecule has 0 aliphatic heterocycles. The number of benzene rings is 1. The summed E-state index contributed by atoms with van der Waals surface area (Å²) in [6.45, 7) is 4.67. The van der Waals surface area contributed by atoms with Gasteiger partial charge in [0.2, 0.25) is 5.88 Å². The molecular weight excluding hydrogens is 267 g/mol. The Labute approximate surface area is 124 Å². The van der Waals surface area contributed by atoms with Crippen LogP contribution < -0.4 is 10.1 Å². The molecule has 0 bridgehead atoms. The van der Waals surface area contributed by atoms with Crippen LogP contribution >= 0.6 is 0 Å². The van der Waals surface area contributed by atoms with E-state index in [-0.39, 0.29) is 11.6 Å². The average molecular weight is 286 g/mol. The molecule has 1 aliphatic carbocycles. The first-order valence-electron chi connectivity index (χ1n) is 7.26. The number of aryl methyl sites for hydroxylation is 2. The second-order valence-corrected chi connectivity index (χ2v) is 5.59. The highest BCUT2D eigenvalue weighted by Gasteiger charge is 2.20. The minimum atomic E-state index is -0.375. The largest absolute Gasteiger partial charge is 0.436 e. The van der Waals surface area contributed by atoms with Gasteiger partial charge in [-0.3, -0.25) is 0 Å². The molecule has 3 nitrogen and oxygen atoms in total. The zero-order valence-corrected chi connectivity index (χ0v) is 12.3. The van der Waals surface area contributed by atoms with E-state index in [9.17, 15) is 4.39 Å². The summed E-state index contributed by atoms with van der Waals surface area (Å²) in [6.07, 6.45) is 2.53. The molecule has 4 heteroatoms. The topological polar surface area (TPSA) is 34.1 Å². The Kier molecular flexibility index (Phi) is 3.88. The lowest BCUT2D eigenvalue weighted by molar-refractivity contribution is 0.425. The molecule has 1 heterocycles. The Hall–Kier alpha value is -1.94. The van der Waals surface area contributed by atoms with Crippen LogP contribution in [0.1, 0.15) is 29.7 Å². The van der Waals surface area contributed by atoms with Gasteiger partial charge in [-0.1, -0.05) is 12.1 Å². The van der Waals surface area contributed by atoms with Crippen LogP contribution in [0.4, 0.5) is 4.39 Å². The number of rotatable bonds is 5. The zero-order chi connectivity index (χ0) is 14.8. The third kappa shape index (κ3) is 3.58. The first-order valence-corrected chi connectivity index (χ1v) is 7.26. The van der Waals surface area contributed by atoms with Crippen LogP contribution in [0.25, 0.3) is 0 Å². The summed E-state index contributed by atoms with van der Waals surface area (Å²) >= 11 is 0. The molecule has 3 rings (SSSR count). The van der Waals surface area contributed by atoms with Gasteiger partial charge in [-0.25, -0.2) is 9.37 Å². The molecule has 0 saturated heterocycles. The van der Waals surface area contributed by atoms with Crippen molar-refractivity contribution >= 4 is 0 Å². The number of nitrogens with zero attached hydrogens (tertiary/aromatic N) is 1. The van der Waals surface area contributed by atoms with Crippen LogP contribution in [0.2, 0.25) is 0 Å².